The second-order valence-electron chi connectivity index (χ2n) is 5.99. The molecule has 2 heterocycles. The van der Waals surface area contributed by atoms with Crippen molar-refractivity contribution in [2.45, 2.75) is 32.8 Å². The fourth-order valence-electron chi connectivity index (χ4n) is 2.81. The second kappa shape index (κ2) is 7.13. The predicted octanol–water partition coefficient (Wildman–Crippen LogP) is 2.77. The molecule has 8 heteroatoms. The lowest BCUT2D eigenvalue weighted by atomic mass is 10.1. The number of esters is 1. The third kappa shape index (κ3) is 4.01. The fourth-order valence-corrected chi connectivity index (χ4v) is 4.65. The van der Waals surface area contributed by atoms with Gasteiger partial charge in [0.05, 0.1) is 28.2 Å². The number of hydrogen-bond donors (Lipinski definition) is 0. The van der Waals surface area contributed by atoms with Crippen LogP contribution in [-0.2, 0) is 34.2 Å². The van der Waals surface area contributed by atoms with E-state index in [1.807, 2.05) is 5.38 Å². The summed E-state index contributed by atoms with van der Waals surface area (Å²) in [7, 11) is -3.29. The third-order valence-corrected chi connectivity index (χ3v) is 6.12. The van der Waals surface area contributed by atoms with Gasteiger partial charge in [-0.2, -0.15) is 0 Å². The first-order valence-corrected chi connectivity index (χ1v) is 10.8. The van der Waals surface area contributed by atoms with Crippen molar-refractivity contribution >= 4 is 33.0 Å². The quantitative estimate of drug-likeness (QED) is 0.720. The van der Waals surface area contributed by atoms with Gasteiger partial charge in [0.1, 0.15) is 6.61 Å². The summed E-state index contributed by atoms with van der Waals surface area (Å²) in [6.07, 6.45) is 3.74. The van der Waals surface area contributed by atoms with Crippen LogP contribution in [0.1, 0.15) is 40.0 Å². The number of fused-ring (bicyclic) bond motifs is 1. The Bertz CT molecular complexity index is 890. The number of benzene rings is 1. The number of sulfonamides is 1. The summed E-state index contributed by atoms with van der Waals surface area (Å²) >= 11 is 1.58. The molecule has 25 heavy (non-hydrogen) atoms. The number of aromatic nitrogens is 1. The monoisotopic (exact) mass is 380 g/mol. The van der Waals surface area contributed by atoms with Gasteiger partial charge in [0.25, 0.3) is 0 Å². The Balaban J connectivity index is 1.67. The van der Waals surface area contributed by atoms with E-state index in [1.54, 1.807) is 29.5 Å². The highest BCUT2D eigenvalue weighted by Crippen LogP contribution is 2.30. The maximum atomic E-state index is 12.3. The average molecular weight is 380 g/mol. The van der Waals surface area contributed by atoms with E-state index in [9.17, 15) is 13.2 Å². The van der Waals surface area contributed by atoms with Gasteiger partial charge in [0.15, 0.2) is 0 Å². The molecule has 0 bridgehead atoms. The van der Waals surface area contributed by atoms with Crippen molar-refractivity contribution in [1.82, 2.24) is 4.98 Å². The summed E-state index contributed by atoms with van der Waals surface area (Å²) in [4.78, 5) is 16.7. The average Bonchev–Trinajstić information content (AvgIpc) is 3.18. The lowest BCUT2D eigenvalue weighted by Gasteiger charge is -2.16. The number of nitrogens with zero attached hydrogens (tertiary/aromatic N) is 2. The molecular formula is C17H20N2O4S2. The zero-order valence-corrected chi connectivity index (χ0v) is 15.8. The van der Waals surface area contributed by atoms with Crippen LogP contribution < -0.4 is 4.31 Å². The molecule has 1 aromatic heterocycles. The zero-order chi connectivity index (χ0) is 18.0. The van der Waals surface area contributed by atoms with Gasteiger partial charge in [-0.25, -0.2) is 18.2 Å². The molecule has 2 aromatic rings. The van der Waals surface area contributed by atoms with Gasteiger partial charge in [-0.15, -0.1) is 11.3 Å². The molecule has 1 aliphatic heterocycles. The number of aryl methyl sites for hydroxylation is 1. The van der Waals surface area contributed by atoms with E-state index >= 15 is 0 Å². The van der Waals surface area contributed by atoms with E-state index < -0.39 is 16.0 Å². The summed E-state index contributed by atoms with van der Waals surface area (Å²) in [5.74, 6) is -0.425. The summed E-state index contributed by atoms with van der Waals surface area (Å²) in [6, 6.07) is 4.99. The number of anilines is 1. The van der Waals surface area contributed by atoms with Crippen LogP contribution in [0.4, 0.5) is 5.69 Å². The summed E-state index contributed by atoms with van der Waals surface area (Å²) < 4.78 is 30.2. The molecule has 0 saturated heterocycles. The van der Waals surface area contributed by atoms with Gasteiger partial charge in [0.2, 0.25) is 10.0 Å². The van der Waals surface area contributed by atoms with Crippen molar-refractivity contribution in [2.24, 2.45) is 0 Å². The van der Waals surface area contributed by atoms with Crippen LogP contribution in [0, 0.1) is 0 Å². The molecule has 0 radical (unpaired) electrons. The van der Waals surface area contributed by atoms with Crippen molar-refractivity contribution in [3.63, 3.8) is 0 Å². The molecule has 0 unspecified atom stereocenters. The molecule has 0 saturated carbocycles. The van der Waals surface area contributed by atoms with E-state index in [1.165, 1.54) is 10.6 Å². The lowest BCUT2D eigenvalue weighted by molar-refractivity contribution is 0.0468. The molecule has 6 nitrogen and oxygen atoms in total. The van der Waals surface area contributed by atoms with Crippen LogP contribution in [0.3, 0.4) is 0 Å². The smallest absolute Gasteiger partial charge is 0.338 e. The Hall–Kier alpha value is -1.93. The zero-order valence-electron chi connectivity index (χ0n) is 14.2. The van der Waals surface area contributed by atoms with Gasteiger partial charge in [-0.1, -0.05) is 6.92 Å². The van der Waals surface area contributed by atoms with Gasteiger partial charge < -0.3 is 4.74 Å². The van der Waals surface area contributed by atoms with Gasteiger partial charge in [-0.3, -0.25) is 4.31 Å². The standard InChI is InChI=1S/C17H20N2O4S2/c1-3-4-16-18-14(11-24-16)10-23-17(20)13-5-6-15-12(9-13)7-8-19(15)25(2,21)22/h5-6,9,11H,3-4,7-8,10H2,1-2H3. The summed E-state index contributed by atoms with van der Waals surface area (Å²) in [5, 5.41) is 2.96. The topological polar surface area (TPSA) is 76.6 Å². The number of ether oxygens (including phenoxy) is 1. The largest absolute Gasteiger partial charge is 0.456 e. The number of hydrogen-bond acceptors (Lipinski definition) is 6. The number of rotatable bonds is 6. The van der Waals surface area contributed by atoms with Crippen LogP contribution in [0.2, 0.25) is 0 Å². The highest BCUT2D eigenvalue weighted by Gasteiger charge is 2.27. The van der Waals surface area contributed by atoms with E-state index in [0.29, 0.717) is 24.2 Å². The van der Waals surface area contributed by atoms with Crippen LogP contribution in [0.25, 0.3) is 0 Å². The molecule has 3 rings (SSSR count). The molecule has 134 valence electrons. The van der Waals surface area contributed by atoms with E-state index in [0.717, 1.165) is 29.1 Å². The highest BCUT2D eigenvalue weighted by molar-refractivity contribution is 7.92. The second-order valence-corrected chi connectivity index (χ2v) is 8.84. The lowest BCUT2D eigenvalue weighted by Crippen LogP contribution is -2.27. The van der Waals surface area contributed by atoms with Crippen molar-refractivity contribution in [2.75, 3.05) is 17.1 Å². The minimum atomic E-state index is -3.29. The molecule has 0 aliphatic carbocycles. The fraction of sp³-hybridized carbons (Fsp3) is 0.412. The first kappa shape index (κ1) is 17.9. The van der Waals surface area contributed by atoms with Gasteiger partial charge >= 0.3 is 5.97 Å². The summed E-state index contributed by atoms with van der Waals surface area (Å²) in [6.45, 7) is 2.65. The number of carbonyl (C=O) groups is 1. The Morgan fingerprint density at radius 2 is 2.20 bits per heavy atom. The molecule has 1 aromatic carbocycles. The van der Waals surface area contributed by atoms with Crippen molar-refractivity contribution in [3.8, 4) is 0 Å². The molecule has 0 atom stereocenters. The van der Waals surface area contributed by atoms with E-state index in [-0.39, 0.29) is 6.61 Å². The van der Waals surface area contributed by atoms with E-state index in [2.05, 4.69) is 11.9 Å². The first-order chi connectivity index (χ1) is 11.9. The predicted molar refractivity (Wildman–Crippen MR) is 97.6 cm³/mol. The number of thiazole rings is 1. The molecule has 0 fully saturated rings. The Morgan fingerprint density at radius 3 is 2.92 bits per heavy atom. The molecule has 0 amide bonds. The maximum Gasteiger partial charge on any atom is 0.338 e. The van der Waals surface area contributed by atoms with Crippen LogP contribution in [-0.4, -0.2) is 32.2 Å². The molecule has 1 aliphatic rings. The SMILES string of the molecule is CCCc1nc(COC(=O)c2ccc3c(c2)CCN3S(C)(=O)=O)cs1. The molecule has 0 spiro atoms. The Kier molecular flexibility index (Phi) is 5.10. The minimum absolute atomic E-state index is 0.144. The van der Waals surface area contributed by atoms with Crippen molar-refractivity contribution in [3.05, 3.63) is 45.4 Å². The maximum absolute atomic E-state index is 12.3. The number of carbonyl (C=O) groups excluding carboxylic acids is 1. The molecular weight excluding hydrogens is 360 g/mol. The summed E-state index contributed by atoms with van der Waals surface area (Å²) in [5.41, 5.74) is 2.67. The van der Waals surface area contributed by atoms with Crippen molar-refractivity contribution in [1.29, 1.82) is 0 Å². The first-order valence-electron chi connectivity index (χ1n) is 8.09. The Labute approximate surface area is 151 Å². The third-order valence-electron chi connectivity index (χ3n) is 3.98. The highest BCUT2D eigenvalue weighted by atomic mass is 32.2. The van der Waals surface area contributed by atoms with Crippen LogP contribution in [0.15, 0.2) is 23.6 Å². The van der Waals surface area contributed by atoms with Crippen LogP contribution in [0.5, 0.6) is 0 Å². The Morgan fingerprint density at radius 1 is 1.40 bits per heavy atom. The van der Waals surface area contributed by atoms with Gasteiger partial charge in [-0.05, 0) is 43.0 Å². The molecule has 0 N–H and O–H groups in total. The van der Waals surface area contributed by atoms with Crippen molar-refractivity contribution < 1.29 is 17.9 Å². The normalized spacial score (nSPS) is 13.8. The van der Waals surface area contributed by atoms with E-state index in [4.69, 9.17) is 4.74 Å². The van der Waals surface area contributed by atoms with Gasteiger partial charge in [0, 0.05) is 11.9 Å². The minimum Gasteiger partial charge on any atom is -0.456 e. The van der Waals surface area contributed by atoms with Crippen LogP contribution >= 0.6 is 11.3 Å².